The molecule has 0 radical (unpaired) electrons. The van der Waals surface area contributed by atoms with Crippen LogP contribution < -0.4 is 10.1 Å². The van der Waals surface area contributed by atoms with Crippen molar-refractivity contribution >= 4 is 5.69 Å². The van der Waals surface area contributed by atoms with E-state index in [9.17, 15) is 0 Å². The van der Waals surface area contributed by atoms with Gasteiger partial charge in [0.25, 0.3) is 0 Å². The van der Waals surface area contributed by atoms with Gasteiger partial charge in [-0.1, -0.05) is 12.1 Å². The molecule has 1 aromatic carbocycles. The number of hydrogen-bond donors (Lipinski definition) is 1. The molecular weight excluding hydrogens is 264 g/mol. The summed E-state index contributed by atoms with van der Waals surface area (Å²) in [6.07, 6.45) is 2.74. The minimum Gasteiger partial charge on any atom is -0.489 e. The predicted octanol–water partition coefficient (Wildman–Crippen LogP) is 2.74. The topological polar surface area (TPSA) is 33.7 Å². The molecule has 21 heavy (non-hydrogen) atoms. The number of anilines is 1. The fourth-order valence-electron chi connectivity index (χ4n) is 3.09. The van der Waals surface area contributed by atoms with Gasteiger partial charge in [-0.3, -0.25) is 4.90 Å². The molecule has 1 fully saturated rings. The summed E-state index contributed by atoms with van der Waals surface area (Å²) >= 11 is 0. The maximum atomic E-state index is 5.90. The van der Waals surface area contributed by atoms with Crippen LogP contribution in [0.25, 0.3) is 0 Å². The van der Waals surface area contributed by atoms with Crippen molar-refractivity contribution < 1.29 is 9.47 Å². The molecule has 0 aromatic heterocycles. The molecule has 0 amide bonds. The second kappa shape index (κ2) is 6.67. The summed E-state index contributed by atoms with van der Waals surface area (Å²) in [6.45, 7) is 6.69. The molecule has 1 aromatic rings. The van der Waals surface area contributed by atoms with Gasteiger partial charge in [0.2, 0.25) is 0 Å². The molecule has 3 rings (SSSR count). The maximum Gasteiger partial charge on any atom is 0.146 e. The van der Waals surface area contributed by atoms with Crippen molar-refractivity contribution in [1.82, 2.24) is 4.90 Å². The predicted molar refractivity (Wildman–Crippen MR) is 84.9 cm³/mol. The highest BCUT2D eigenvalue weighted by Crippen LogP contribution is 2.37. The van der Waals surface area contributed by atoms with Gasteiger partial charge < -0.3 is 14.8 Å². The average Bonchev–Trinajstić information content (AvgIpc) is 3.35. The van der Waals surface area contributed by atoms with Crippen molar-refractivity contribution in [3.05, 3.63) is 23.8 Å². The van der Waals surface area contributed by atoms with Gasteiger partial charge in [-0.25, -0.2) is 0 Å². The highest BCUT2D eigenvalue weighted by molar-refractivity contribution is 5.61. The van der Waals surface area contributed by atoms with E-state index in [1.807, 2.05) is 0 Å². The Bertz CT molecular complexity index is 474. The summed E-state index contributed by atoms with van der Waals surface area (Å²) in [7, 11) is 1.78. The smallest absolute Gasteiger partial charge is 0.146 e. The Balaban J connectivity index is 1.75. The van der Waals surface area contributed by atoms with Crippen molar-refractivity contribution in [1.29, 1.82) is 0 Å². The highest BCUT2D eigenvalue weighted by atomic mass is 16.5. The van der Waals surface area contributed by atoms with Crippen molar-refractivity contribution in [2.45, 2.75) is 32.4 Å². The van der Waals surface area contributed by atoms with Crippen LogP contribution in [0.1, 0.15) is 25.3 Å². The van der Waals surface area contributed by atoms with Gasteiger partial charge in [0.1, 0.15) is 12.4 Å². The lowest BCUT2D eigenvalue weighted by Gasteiger charge is -2.31. The summed E-state index contributed by atoms with van der Waals surface area (Å²) in [6, 6.07) is 7.02. The first kappa shape index (κ1) is 14.7. The Morgan fingerprint density at radius 2 is 2.29 bits per heavy atom. The summed E-state index contributed by atoms with van der Waals surface area (Å²) < 4.78 is 11.2. The minimum absolute atomic E-state index is 0.618. The van der Waals surface area contributed by atoms with Crippen LogP contribution in [0.3, 0.4) is 0 Å². The lowest BCUT2D eigenvalue weighted by Crippen LogP contribution is -2.37. The van der Waals surface area contributed by atoms with Crippen LogP contribution in [0.15, 0.2) is 18.2 Å². The number of rotatable bonds is 7. The molecule has 1 saturated carbocycles. The fraction of sp³-hybridized carbons (Fsp3) is 0.647. The van der Waals surface area contributed by atoms with E-state index in [2.05, 4.69) is 35.3 Å². The Morgan fingerprint density at radius 1 is 1.43 bits per heavy atom. The van der Waals surface area contributed by atoms with Crippen LogP contribution in [0.4, 0.5) is 5.69 Å². The third kappa shape index (κ3) is 3.50. The summed E-state index contributed by atoms with van der Waals surface area (Å²) in [5, 5.41) is 3.42. The largest absolute Gasteiger partial charge is 0.489 e. The van der Waals surface area contributed by atoms with Gasteiger partial charge in [0, 0.05) is 38.3 Å². The van der Waals surface area contributed by atoms with Crippen molar-refractivity contribution in [2.75, 3.05) is 38.7 Å². The monoisotopic (exact) mass is 290 g/mol. The van der Waals surface area contributed by atoms with Gasteiger partial charge in [0.05, 0.1) is 12.3 Å². The zero-order valence-electron chi connectivity index (χ0n) is 13.1. The molecule has 1 aliphatic heterocycles. The van der Waals surface area contributed by atoms with Crippen LogP contribution in [-0.4, -0.2) is 44.4 Å². The van der Waals surface area contributed by atoms with Crippen LogP contribution >= 0.6 is 0 Å². The van der Waals surface area contributed by atoms with Gasteiger partial charge in [-0.15, -0.1) is 0 Å². The Kier molecular flexibility index (Phi) is 4.66. The molecule has 1 atom stereocenters. The lowest BCUT2D eigenvalue weighted by molar-refractivity contribution is 0.110. The summed E-state index contributed by atoms with van der Waals surface area (Å²) in [5.41, 5.74) is 2.41. The first-order chi connectivity index (χ1) is 10.3. The molecule has 116 valence electrons. The number of benzene rings is 1. The lowest BCUT2D eigenvalue weighted by atomic mass is 10.1. The Labute approximate surface area is 127 Å². The van der Waals surface area contributed by atoms with Gasteiger partial charge >= 0.3 is 0 Å². The van der Waals surface area contributed by atoms with E-state index in [-0.39, 0.29) is 0 Å². The SMILES string of the molecule is COCCN(Cc1cccc2c1OCCN2)C(C)C1CC1. The van der Waals surface area contributed by atoms with Gasteiger partial charge in [-0.2, -0.15) is 0 Å². The maximum absolute atomic E-state index is 5.90. The number of ether oxygens (including phenoxy) is 2. The van der Waals surface area contributed by atoms with Crippen LogP contribution in [0.5, 0.6) is 5.75 Å². The molecule has 0 spiro atoms. The molecule has 1 N–H and O–H groups in total. The van der Waals surface area contributed by atoms with Crippen LogP contribution in [0.2, 0.25) is 0 Å². The van der Waals surface area contributed by atoms with Gasteiger partial charge in [-0.05, 0) is 31.7 Å². The molecule has 4 heteroatoms. The van der Waals surface area contributed by atoms with Crippen LogP contribution in [0, 0.1) is 5.92 Å². The zero-order valence-corrected chi connectivity index (χ0v) is 13.1. The van der Waals surface area contributed by atoms with E-state index < -0.39 is 0 Å². The fourth-order valence-corrected chi connectivity index (χ4v) is 3.09. The van der Waals surface area contributed by atoms with Crippen molar-refractivity contribution in [3.63, 3.8) is 0 Å². The number of fused-ring (bicyclic) bond motifs is 1. The standard InChI is InChI=1S/C17H26N2O2/c1-13(14-6-7-14)19(9-11-20-2)12-15-4-3-5-16-17(15)21-10-8-18-16/h3-5,13-14,18H,6-12H2,1-2H3. The normalized spacial score (nSPS) is 18.8. The van der Waals surface area contributed by atoms with E-state index in [0.29, 0.717) is 6.04 Å². The number of nitrogens with one attached hydrogen (secondary N) is 1. The second-order valence-electron chi connectivity index (χ2n) is 6.11. The van der Waals surface area contributed by atoms with E-state index >= 15 is 0 Å². The zero-order chi connectivity index (χ0) is 14.7. The molecule has 2 aliphatic rings. The molecular formula is C17H26N2O2. The first-order valence-electron chi connectivity index (χ1n) is 8.01. The molecule has 1 heterocycles. The minimum atomic E-state index is 0.618. The highest BCUT2D eigenvalue weighted by Gasteiger charge is 2.32. The Hall–Kier alpha value is -1.26. The quantitative estimate of drug-likeness (QED) is 0.837. The summed E-state index contributed by atoms with van der Waals surface area (Å²) in [4.78, 5) is 2.54. The second-order valence-corrected chi connectivity index (χ2v) is 6.11. The third-order valence-corrected chi connectivity index (χ3v) is 4.60. The van der Waals surface area contributed by atoms with E-state index in [4.69, 9.17) is 9.47 Å². The van der Waals surface area contributed by atoms with Gasteiger partial charge in [0.15, 0.2) is 0 Å². The first-order valence-corrected chi connectivity index (χ1v) is 8.01. The molecule has 1 aliphatic carbocycles. The third-order valence-electron chi connectivity index (χ3n) is 4.60. The Morgan fingerprint density at radius 3 is 3.05 bits per heavy atom. The number of para-hydroxylation sites is 1. The number of hydrogen-bond acceptors (Lipinski definition) is 4. The van der Waals surface area contributed by atoms with Crippen molar-refractivity contribution in [3.8, 4) is 5.75 Å². The average molecular weight is 290 g/mol. The molecule has 4 nitrogen and oxygen atoms in total. The van der Waals surface area contributed by atoms with E-state index in [1.54, 1.807) is 7.11 Å². The summed E-state index contributed by atoms with van der Waals surface area (Å²) in [5.74, 6) is 1.90. The number of methoxy groups -OCH3 is 1. The molecule has 1 unspecified atom stereocenters. The van der Waals surface area contributed by atoms with Crippen LogP contribution in [-0.2, 0) is 11.3 Å². The molecule has 0 bridgehead atoms. The molecule has 0 saturated heterocycles. The van der Waals surface area contributed by atoms with E-state index in [1.165, 1.54) is 18.4 Å². The van der Waals surface area contributed by atoms with Crippen molar-refractivity contribution in [2.24, 2.45) is 5.92 Å². The van der Waals surface area contributed by atoms with E-state index in [0.717, 1.165) is 50.2 Å². The number of nitrogens with zero attached hydrogens (tertiary/aromatic N) is 1.